The summed E-state index contributed by atoms with van der Waals surface area (Å²) in [5.41, 5.74) is 4.26. The second-order valence-electron chi connectivity index (χ2n) is 2.69. The van der Waals surface area contributed by atoms with Gasteiger partial charge in [0.2, 0.25) is 0 Å². The molecular weight excluding hydrogens is 218 g/mol. The molecule has 15 heavy (non-hydrogen) atoms. The standard InChI is InChI=1S/C8H7F4NO2/c9-5-1-4(3-14)7(2-6(5)13)15-8(10,11)12/h1-2,14H,3,13H2. The van der Waals surface area contributed by atoms with E-state index in [1.54, 1.807) is 0 Å². The number of aliphatic hydroxyl groups is 1. The van der Waals surface area contributed by atoms with Crippen LogP contribution in [0.15, 0.2) is 12.1 Å². The Labute approximate surface area is 82.1 Å². The molecule has 0 aliphatic carbocycles. The molecule has 0 bridgehead atoms. The van der Waals surface area contributed by atoms with E-state index in [1.807, 2.05) is 0 Å². The molecule has 0 heterocycles. The van der Waals surface area contributed by atoms with E-state index < -0.39 is 30.2 Å². The lowest BCUT2D eigenvalue weighted by atomic mass is 10.2. The average molecular weight is 225 g/mol. The maximum atomic E-state index is 12.8. The largest absolute Gasteiger partial charge is 0.573 e. The molecule has 0 atom stereocenters. The first-order valence-corrected chi connectivity index (χ1v) is 3.78. The summed E-state index contributed by atoms with van der Waals surface area (Å²) >= 11 is 0. The van der Waals surface area contributed by atoms with E-state index in [0.29, 0.717) is 12.1 Å². The predicted molar refractivity (Wildman–Crippen MR) is 43.4 cm³/mol. The van der Waals surface area contributed by atoms with Crippen molar-refractivity contribution in [3.05, 3.63) is 23.5 Å². The van der Waals surface area contributed by atoms with Crippen LogP contribution in [0.5, 0.6) is 5.75 Å². The summed E-state index contributed by atoms with van der Waals surface area (Å²) in [7, 11) is 0. The first-order valence-electron chi connectivity index (χ1n) is 3.78. The summed E-state index contributed by atoms with van der Waals surface area (Å²) in [6, 6.07) is 1.37. The third-order valence-corrected chi connectivity index (χ3v) is 1.58. The molecule has 3 nitrogen and oxygen atoms in total. The van der Waals surface area contributed by atoms with Crippen LogP contribution in [-0.2, 0) is 6.61 Å². The summed E-state index contributed by atoms with van der Waals surface area (Å²) in [6.07, 6.45) is -4.91. The molecule has 1 aromatic rings. The molecular formula is C8H7F4NO2. The van der Waals surface area contributed by atoms with Gasteiger partial charge in [-0.1, -0.05) is 0 Å². The monoisotopic (exact) mass is 225 g/mol. The van der Waals surface area contributed by atoms with Crippen LogP contribution in [0, 0.1) is 5.82 Å². The van der Waals surface area contributed by atoms with Gasteiger partial charge in [0, 0.05) is 11.6 Å². The van der Waals surface area contributed by atoms with Crippen molar-refractivity contribution in [3.8, 4) is 5.75 Å². The molecule has 0 spiro atoms. The van der Waals surface area contributed by atoms with E-state index in [1.165, 1.54) is 0 Å². The number of benzene rings is 1. The summed E-state index contributed by atoms with van der Waals surface area (Å²) < 4.78 is 51.9. The molecule has 3 N–H and O–H groups in total. The highest BCUT2D eigenvalue weighted by molar-refractivity contribution is 5.49. The number of halogens is 4. The second kappa shape index (κ2) is 3.93. The zero-order valence-electron chi connectivity index (χ0n) is 7.31. The van der Waals surface area contributed by atoms with Crippen molar-refractivity contribution in [2.24, 2.45) is 0 Å². The zero-order chi connectivity index (χ0) is 11.6. The van der Waals surface area contributed by atoms with Crippen LogP contribution < -0.4 is 10.5 Å². The Morgan fingerprint density at radius 1 is 1.33 bits per heavy atom. The van der Waals surface area contributed by atoms with Crippen molar-refractivity contribution in [1.82, 2.24) is 0 Å². The summed E-state index contributed by atoms with van der Waals surface area (Å²) in [4.78, 5) is 0. The Morgan fingerprint density at radius 3 is 2.40 bits per heavy atom. The minimum absolute atomic E-state index is 0.320. The van der Waals surface area contributed by atoms with Crippen LogP contribution >= 0.6 is 0 Å². The van der Waals surface area contributed by atoms with E-state index in [9.17, 15) is 17.6 Å². The number of alkyl halides is 3. The van der Waals surface area contributed by atoms with Crippen molar-refractivity contribution in [3.63, 3.8) is 0 Å². The molecule has 0 aliphatic rings. The smallest absolute Gasteiger partial charge is 0.405 e. The van der Waals surface area contributed by atoms with E-state index in [-0.39, 0.29) is 5.56 Å². The molecule has 0 saturated carbocycles. The molecule has 0 aromatic heterocycles. The molecule has 0 saturated heterocycles. The summed E-state index contributed by atoms with van der Waals surface area (Å²) in [5.74, 6) is -1.61. The van der Waals surface area contributed by atoms with Crippen LogP contribution in [0.25, 0.3) is 0 Å². The maximum Gasteiger partial charge on any atom is 0.573 e. The summed E-state index contributed by atoms with van der Waals surface area (Å²) in [5, 5.41) is 8.68. The highest BCUT2D eigenvalue weighted by Gasteiger charge is 2.32. The van der Waals surface area contributed by atoms with Crippen molar-refractivity contribution in [2.45, 2.75) is 13.0 Å². The highest BCUT2D eigenvalue weighted by atomic mass is 19.4. The Kier molecular flexibility index (Phi) is 3.04. The van der Waals surface area contributed by atoms with Crippen molar-refractivity contribution in [2.75, 3.05) is 5.73 Å². The molecule has 0 fully saturated rings. The topological polar surface area (TPSA) is 55.5 Å². The molecule has 7 heteroatoms. The lowest BCUT2D eigenvalue weighted by Crippen LogP contribution is -2.18. The highest BCUT2D eigenvalue weighted by Crippen LogP contribution is 2.29. The van der Waals surface area contributed by atoms with Crippen LogP contribution in [0.4, 0.5) is 23.2 Å². The maximum absolute atomic E-state index is 12.8. The molecule has 0 aliphatic heterocycles. The number of ether oxygens (including phenoxy) is 1. The molecule has 0 radical (unpaired) electrons. The fourth-order valence-corrected chi connectivity index (χ4v) is 0.954. The third-order valence-electron chi connectivity index (χ3n) is 1.58. The van der Waals surface area contributed by atoms with Gasteiger partial charge in [-0.05, 0) is 6.07 Å². The van der Waals surface area contributed by atoms with E-state index in [4.69, 9.17) is 10.8 Å². The van der Waals surface area contributed by atoms with Crippen molar-refractivity contribution < 1.29 is 27.4 Å². The third kappa shape index (κ3) is 2.98. The Hall–Kier alpha value is -1.50. The Bertz CT molecular complexity index is 364. The van der Waals surface area contributed by atoms with Gasteiger partial charge in [-0.3, -0.25) is 0 Å². The van der Waals surface area contributed by atoms with Crippen molar-refractivity contribution >= 4 is 5.69 Å². The molecule has 0 unspecified atom stereocenters. The fourth-order valence-electron chi connectivity index (χ4n) is 0.954. The van der Waals surface area contributed by atoms with E-state index in [2.05, 4.69) is 4.74 Å². The van der Waals surface area contributed by atoms with Gasteiger partial charge in [0.1, 0.15) is 11.6 Å². The number of aliphatic hydroxyl groups excluding tert-OH is 1. The van der Waals surface area contributed by atoms with Crippen molar-refractivity contribution in [1.29, 1.82) is 0 Å². The molecule has 0 amide bonds. The predicted octanol–water partition coefficient (Wildman–Crippen LogP) is 1.80. The lowest BCUT2D eigenvalue weighted by molar-refractivity contribution is -0.275. The first kappa shape index (κ1) is 11.6. The van der Waals surface area contributed by atoms with Crippen LogP contribution in [0.3, 0.4) is 0 Å². The van der Waals surface area contributed by atoms with Gasteiger partial charge in [0.15, 0.2) is 0 Å². The normalized spacial score (nSPS) is 11.5. The first-order chi connectivity index (χ1) is 6.83. The average Bonchev–Trinajstić information content (AvgIpc) is 2.08. The number of hydrogen-bond acceptors (Lipinski definition) is 3. The lowest BCUT2D eigenvalue weighted by Gasteiger charge is -2.12. The molecule has 1 aromatic carbocycles. The number of rotatable bonds is 2. The minimum Gasteiger partial charge on any atom is -0.405 e. The van der Waals surface area contributed by atoms with Crippen LogP contribution in [0.2, 0.25) is 0 Å². The quantitative estimate of drug-likeness (QED) is 0.596. The number of anilines is 1. The van der Waals surface area contributed by atoms with Gasteiger partial charge in [-0.15, -0.1) is 13.2 Å². The van der Waals surface area contributed by atoms with Gasteiger partial charge in [0.05, 0.1) is 12.3 Å². The molecule has 1 rings (SSSR count). The van der Waals surface area contributed by atoms with E-state index >= 15 is 0 Å². The van der Waals surface area contributed by atoms with Crippen LogP contribution in [0.1, 0.15) is 5.56 Å². The van der Waals surface area contributed by atoms with Gasteiger partial charge in [-0.25, -0.2) is 4.39 Å². The van der Waals surface area contributed by atoms with Gasteiger partial charge in [0.25, 0.3) is 0 Å². The van der Waals surface area contributed by atoms with Gasteiger partial charge >= 0.3 is 6.36 Å². The van der Waals surface area contributed by atoms with Gasteiger partial charge < -0.3 is 15.6 Å². The second-order valence-corrected chi connectivity index (χ2v) is 2.69. The van der Waals surface area contributed by atoms with Gasteiger partial charge in [-0.2, -0.15) is 0 Å². The fraction of sp³-hybridized carbons (Fsp3) is 0.250. The SMILES string of the molecule is Nc1cc(OC(F)(F)F)c(CO)cc1F. The number of nitrogen functional groups attached to an aromatic ring is 1. The van der Waals surface area contributed by atoms with Crippen LogP contribution in [-0.4, -0.2) is 11.5 Å². The number of nitrogens with two attached hydrogens (primary N) is 1. The minimum atomic E-state index is -4.91. The molecule has 84 valence electrons. The Balaban J connectivity index is 3.11. The summed E-state index contributed by atoms with van der Waals surface area (Å²) in [6.45, 7) is -0.775. The Morgan fingerprint density at radius 2 is 1.93 bits per heavy atom. The van der Waals surface area contributed by atoms with E-state index in [0.717, 1.165) is 0 Å². The zero-order valence-corrected chi connectivity index (χ0v) is 7.31. The number of hydrogen-bond donors (Lipinski definition) is 2.